The molecule has 1 fully saturated rings. The number of aryl methyl sites for hydroxylation is 3. The average molecular weight is 361 g/mol. The zero-order valence-electron chi connectivity index (χ0n) is 15.9. The Kier molecular flexibility index (Phi) is 5.23. The molecule has 0 spiro atoms. The predicted molar refractivity (Wildman–Crippen MR) is 110 cm³/mol. The third kappa shape index (κ3) is 4.57. The molecule has 27 heavy (non-hydrogen) atoms. The van der Waals surface area contributed by atoms with Crippen molar-refractivity contribution < 1.29 is 4.79 Å². The minimum absolute atomic E-state index is 0.145. The summed E-state index contributed by atoms with van der Waals surface area (Å²) in [6.07, 6.45) is 7.35. The van der Waals surface area contributed by atoms with Crippen LogP contribution in [0, 0.1) is 12.8 Å². The summed E-state index contributed by atoms with van der Waals surface area (Å²) in [4.78, 5) is 20.3. The summed E-state index contributed by atoms with van der Waals surface area (Å²) in [5.74, 6) is 1.72. The zero-order chi connectivity index (χ0) is 18.6. The molecule has 1 saturated carbocycles. The molecule has 1 aliphatic rings. The van der Waals surface area contributed by atoms with Crippen LogP contribution in [0.25, 0.3) is 11.0 Å². The van der Waals surface area contributed by atoms with Gasteiger partial charge in [-0.15, -0.1) is 0 Å². The van der Waals surface area contributed by atoms with Gasteiger partial charge in [0.1, 0.15) is 5.82 Å². The van der Waals surface area contributed by atoms with Gasteiger partial charge in [0.05, 0.1) is 11.0 Å². The Morgan fingerprint density at radius 1 is 1.15 bits per heavy atom. The highest BCUT2D eigenvalue weighted by molar-refractivity contribution is 5.90. The number of aromatic nitrogens is 2. The molecule has 4 heteroatoms. The van der Waals surface area contributed by atoms with E-state index < -0.39 is 0 Å². The van der Waals surface area contributed by atoms with E-state index in [-0.39, 0.29) is 5.91 Å². The van der Waals surface area contributed by atoms with Crippen LogP contribution in [0.15, 0.2) is 42.5 Å². The molecule has 1 aromatic heterocycles. The molecule has 0 saturated heterocycles. The van der Waals surface area contributed by atoms with E-state index in [1.165, 1.54) is 36.8 Å². The first-order valence-electron chi connectivity index (χ1n) is 10.00. The Morgan fingerprint density at radius 3 is 2.85 bits per heavy atom. The monoisotopic (exact) mass is 361 g/mol. The van der Waals surface area contributed by atoms with E-state index >= 15 is 0 Å². The first-order valence-corrected chi connectivity index (χ1v) is 10.00. The summed E-state index contributed by atoms with van der Waals surface area (Å²) >= 11 is 0. The van der Waals surface area contributed by atoms with Crippen LogP contribution in [0.3, 0.4) is 0 Å². The van der Waals surface area contributed by atoms with Crippen LogP contribution in [0.5, 0.6) is 0 Å². The molecule has 0 aliphatic heterocycles. The topological polar surface area (TPSA) is 57.8 Å². The predicted octanol–water partition coefficient (Wildman–Crippen LogP) is 5.18. The van der Waals surface area contributed by atoms with Gasteiger partial charge in [-0.25, -0.2) is 4.98 Å². The van der Waals surface area contributed by atoms with Crippen LogP contribution in [0.1, 0.15) is 49.1 Å². The maximum absolute atomic E-state index is 12.3. The molecule has 3 aromatic rings. The SMILES string of the molecule is Cc1ccc2nc(CCc3cccc(NC(=O)CC4CCCC4)c3)[nH]c2c1. The van der Waals surface area contributed by atoms with Crippen molar-refractivity contribution in [3.8, 4) is 0 Å². The van der Waals surface area contributed by atoms with Crippen molar-refractivity contribution in [2.75, 3.05) is 5.32 Å². The van der Waals surface area contributed by atoms with E-state index in [4.69, 9.17) is 0 Å². The molecule has 0 unspecified atom stereocenters. The molecule has 4 nitrogen and oxygen atoms in total. The van der Waals surface area contributed by atoms with Gasteiger partial charge in [-0.2, -0.15) is 0 Å². The Labute approximate surface area is 160 Å². The third-order valence-corrected chi connectivity index (χ3v) is 5.50. The van der Waals surface area contributed by atoms with Crippen molar-refractivity contribution in [3.63, 3.8) is 0 Å². The first kappa shape index (κ1) is 17.8. The Hall–Kier alpha value is -2.62. The maximum Gasteiger partial charge on any atom is 0.224 e. The lowest BCUT2D eigenvalue weighted by molar-refractivity contribution is -0.117. The van der Waals surface area contributed by atoms with Gasteiger partial charge in [0.25, 0.3) is 0 Å². The van der Waals surface area contributed by atoms with Gasteiger partial charge in [0.15, 0.2) is 0 Å². The second-order valence-corrected chi connectivity index (χ2v) is 7.81. The average Bonchev–Trinajstić information content (AvgIpc) is 3.29. The standard InChI is InChI=1S/C23H27N3O/c1-16-9-11-20-21(13-16)26-22(25-20)12-10-18-7-4-8-19(14-18)24-23(27)15-17-5-2-3-6-17/h4,7-9,11,13-14,17H,2-3,5-6,10,12,15H2,1H3,(H,24,27)(H,25,26). The van der Waals surface area contributed by atoms with E-state index in [9.17, 15) is 4.79 Å². The van der Waals surface area contributed by atoms with E-state index in [0.717, 1.165) is 35.4 Å². The smallest absolute Gasteiger partial charge is 0.224 e. The number of rotatable bonds is 6. The largest absolute Gasteiger partial charge is 0.342 e. The molecule has 2 aromatic carbocycles. The normalized spacial score (nSPS) is 14.7. The summed E-state index contributed by atoms with van der Waals surface area (Å²) in [7, 11) is 0. The summed E-state index contributed by atoms with van der Waals surface area (Å²) < 4.78 is 0. The fraction of sp³-hybridized carbons (Fsp3) is 0.391. The lowest BCUT2D eigenvalue weighted by atomic mass is 10.0. The number of carbonyl (C=O) groups excluding carboxylic acids is 1. The number of H-pyrrole nitrogens is 1. The van der Waals surface area contributed by atoms with Gasteiger partial charge in [-0.1, -0.05) is 31.0 Å². The van der Waals surface area contributed by atoms with E-state index in [1.807, 2.05) is 12.1 Å². The van der Waals surface area contributed by atoms with Crippen molar-refractivity contribution in [1.29, 1.82) is 0 Å². The molecule has 1 heterocycles. The van der Waals surface area contributed by atoms with Gasteiger partial charge in [0.2, 0.25) is 5.91 Å². The Morgan fingerprint density at radius 2 is 2.00 bits per heavy atom. The van der Waals surface area contributed by atoms with Crippen LogP contribution in [0.4, 0.5) is 5.69 Å². The van der Waals surface area contributed by atoms with Crippen molar-refractivity contribution >= 4 is 22.6 Å². The lowest BCUT2D eigenvalue weighted by Gasteiger charge is -2.10. The number of nitrogens with zero attached hydrogens (tertiary/aromatic N) is 1. The molecular weight excluding hydrogens is 334 g/mol. The van der Waals surface area contributed by atoms with Crippen LogP contribution < -0.4 is 5.32 Å². The molecule has 2 N–H and O–H groups in total. The number of imidazole rings is 1. The fourth-order valence-electron chi connectivity index (χ4n) is 4.05. The fourth-order valence-corrected chi connectivity index (χ4v) is 4.05. The van der Waals surface area contributed by atoms with E-state index in [0.29, 0.717) is 12.3 Å². The molecule has 0 bridgehead atoms. The molecular formula is C23H27N3O. The minimum Gasteiger partial charge on any atom is -0.342 e. The Bertz CT molecular complexity index is 938. The van der Waals surface area contributed by atoms with Gasteiger partial charge in [-0.3, -0.25) is 4.79 Å². The lowest BCUT2D eigenvalue weighted by Crippen LogP contribution is -2.15. The number of nitrogens with one attached hydrogen (secondary N) is 2. The van der Waals surface area contributed by atoms with Gasteiger partial charge in [0, 0.05) is 18.5 Å². The quantitative estimate of drug-likeness (QED) is 0.636. The van der Waals surface area contributed by atoms with Crippen molar-refractivity contribution in [3.05, 3.63) is 59.4 Å². The van der Waals surface area contributed by atoms with Crippen LogP contribution in [-0.2, 0) is 17.6 Å². The number of hydrogen-bond acceptors (Lipinski definition) is 2. The molecule has 1 amide bonds. The van der Waals surface area contributed by atoms with Crippen LogP contribution >= 0.6 is 0 Å². The third-order valence-electron chi connectivity index (χ3n) is 5.50. The van der Waals surface area contributed by atoms with Crippen molar-refractivity contribution in [2.45, 2.75) is 51.9 Å². The van der Waals surface area contributed by atoms with Gasteiger partial charge < -0.3 is 10.3 Å². The van der Waals surface area contributed by atoms with Crippen LogP contribution in [0.2, 0.25) is 0 Å². The molecule has 0 atom stereocenters. The highest BCUT2D eigenvalue weighted by atomic mass is 16.1. The number of fused-ring (bicyclic) bond motifs is 1. The number of carbonyl (C=O) groups is 1. The number of amides is 1. The summed E-state index contributed by atoms with van der Waals surface area (Å²) in [5, 5.41) is 3.07. The second-order valence-electron chi connectivity index (χ2n) is 7.81. The highest BCUT2D eigenvalue weighted by Gasteiger charge is 2.18. The molecule has 1 aliphatic carbocycles. The maximum atomic E-state index is 12.3. The zero-order valence-corrected chi connectivity index (χ0v) is 15.9. The Balaban J connectivity index is 1.36. The second kappa shape index (κ2) is 7.95. The molecule has 0 radical (unpaired) electrons. The number of anilines is 1. The summed E-state index contributed by atoms with van der Waals surface area (Å²) in [6.45, 7) is 2.09. The van der Waals surface area contributed by atoms with Gasteiger partial charge in [-0.05, 0) is 67.5 Å². The number of benzene rings is 2. The van der Waals surface area contributed by atoms with Crippen LogP contribution in [-0.4, -0.2) is 15.9 Å². The van der Waals surface area contributed by atoms with E-state index in [2.05, 4.69) is 52.5 Å². The number of hydrogen-bond donors (Lipinski definition) is 2. The summed E-state index contributed by atoms with van der Waals surface area (Å²) in [5.41, 5.74) is 5.46. The summed E-state index contributed by atoms with van der Waals surface area (Å²) in [6, 6.07) is 14.5. The number of aromatic amines is 1. The molecule has 140 valence electrons. The van der Waals surface area contributed by atoms with Crippen molar-refractivity contribution in [2.24, 2.45) is 5.92 Å². The van der Waals surface area contributed by atoms with E-state index in [1.54, 1.807) is 0 Å². The highest BCUT2D eigenvalue weighted by Crippen LogP contribution is 2.27. The van der Waals surface area contributed by atoms with Gasteiger partial charge >= 0.3 is 0 Å². The minimum atomic E-state index is 0.145. The first-order chi connectivity index (χ1) is 13.2. The molecule has 4 rings (SSSR count). The van der Waals surface area contributed by atoms with Crippen molar-refractivity contribution in [1.82, 2.24) is 9.97 Å².